The molecule has 0 atom stereocenters. The van der Waals surface area contributed by atoms with Gasteiger partial charge in [0.2, 0.25) is 5.91 Å². The maximum atomic E-state index is 12.1. The Morgan fingerprint density at radius 2 is 2.08 bits per heavy atom. The number of pyridine rings is 1. The van der Waals surface area contributed by atoms with E-state index in [1.165, 1.54) is 6.33 Å². The van der Waals surface area contributed by atoms with E-state index in [1.54, 1.807) is 47.5 Å². The van der Waals surface area contributed by atoms with E-state index < -0.39 is 0 Å². The Labute approximate surface area is 150 Å². The van der Waals surface area contributed by atoms with Gasteiger partial charge in [-0.25, -0.2) is 9.97 Å². The second kappa shape index (κ2) is 7.64. The Hall–Kier alpha value is -3.42. The minimum absolute atomic E-state index is 0.0716. The fraction of sp³-hybridized carbons (Fsp3) is 0.222. The van der Waals surface area contributed by atoms with Gasteiger partial charge in [0.15, 0.2) is 0 Å². The van der Waals surface area contributed by atoms with Gasteiger partial charge >= 0.3 is 0 Å². The van der Waals surface area contributed by atoms with Gasteiger partial charge in [0, 0.05) is 12.1 Å². The number of hydrogen-bond donors (Lipinski definition) is 2. The number of hydrogen-bond acceptors (Lipinski definition) is 5. The molecule has 0 spiro atoms. The van der Waals surface area contributed by atoms with Crippen molar-refractivity contribution in [1.82, 2.24) is 19.9 Å². The van der Waals surface area contributed by atoms with Gasteiger partial charge in [-0.2, -0.15) is 0 Å². The molecule has 8 nitrogen and oxygen atoms in total. The summed E-state index contributed by atoms with van der Waals surface area (Å²) in [6.07, 6.45) is 6.21. The lowest BCUT2D eigenvalue weighted by Gasteiger charge is -2.08. The van der Waals surface area contributed by atoms with Crippen LogP contribution < -0.4 is 10.6 Å². The van der Waals surface area contributed by atoms with Gasteiger partial charge in [0.25, 0.3) is 5.91 Å². The molecule has 134 valence electrons. The zero-order chi connectivity index (χ0) is 18.5. The average Bonchev–Trinajstić information content (AvgIpc) is 3.32. The first-order valence-corrected chi connectivity index (χ1v) is 8.15. The molecule has 0 aliphatic heterocycles. The molecule has 0 aliphatic carbocycles. The van der Waals surface area contributed by atoms with Gasteiger partial charge in [-0.15, -0.1) is 0 Å². The number of rotatable bonds is 6. The van der Waals surface area contributed by atoms with Crippen molar-refractivity contribution < 1.29 is 14.0 Å². The molecule has 2 N–H and O–H groups in total. The molecule has 0 fully saturated rings. The van der Waals surface area contributed by atoms with Crippen molar-refractivity contribution in [3.63, 3.8) is 0 Å². The highest BCUT2D eigenvalue weighted by Crippen LogP contribution is 2.12. The van der Waals surface area contributed by atoms with Crippen LogP contribution in [0.3, 0.4) is 0 Å². The lowest BCUT2D eigenvalue weighted by atomic mass is 10.2. The van der Waals surface area contributed by atoms with Crippen LogP contribution in [0.4, 0.5) is 5.69 Å². The molecular formula is C18H19N5O3. The Balaban J connectivity index is 1.63. The Morgan fingerprint density at radius 3 is 2.73 bits per heavy atom. The van der Waals surface area contributed by atoms with Crippen LogP contribution in [0.1, 0.15) is 30.1 Å². The van der Waals surface area contributed by atoms with E-state index >= 15 is 0 Å². The molecular weight excluding hydrogens is 334 g/mol. The van der Waals surface area contributed by atoms with E-state index in [-0.39, 0.29) is 23.4 Å². The van der Waals surface area contributed by atoms with Crippen molar-refractivity contribution in [2.75, 3.05) is 5.32 Å². The van der Waals surface area contributed by atoms with Crippen molar-refractivity contribution in [3.05, 3.63) is 60.7 Å². The zero-order valence-corrected chi connectivity index (χ0v) is 14.5. The standard InChI is InChI=1S/C18H19N5O3/c1-12(2)17(24)22-13-5-6-16(19-8-13)23-10-15(21-11-23)18(25)20-9-14-4-3-7-26-14/h3-8,10-12H,9H2,1-2H3,(H,20,25)(H,22,24). The lowest BCUT2D eigenvalue weighted by Crippen LogP contribution is -2.22. The highest BCUT2D eigenvalue weighted by molar-refractivity contribution is 5.92. The molecule has 0 saturated carbocycles. The van der Waals surface area contributed by atoms with Crippen LogP contribution in [-0.2, 0) is 11.3 Å². The summed E-state index contributed by atoms with van der Waals surface area (Å²) in [5.41, 5.74) is 0.888. The van der Waals surface area contributed by atoms with E-state index in [4.69, 9.17) is 4.42 Å². The molecule has 0 unspecified atom stereocenters. The smallest absolute Gasteiger partial charge is 0.271 e. The molecule has 3 aromatic heterocycles. The van der Waals surface area contributed by atoms with Gasteiger partial charge < -0.3 is 15.1 Å². The Morgan fingerprint density at radius 1 is 1.23 bits per heavy atom. The van der Waals surface area contributed by atoms with Crippen molar-refractivity contribution >= 4 is 17.5 Å². The number of amides is 2. The molecule has 26 heavy (non-hydrogen) atoms. The molecule has 0 aromatic carbocycles. The summed E-state index contributed by atoms with van der Waals surface area (Å²) in [5.74, 6) is 0.771. The average molecular weight is 353 g/mol. The van der Waals surface area contributed by atoms with Crippen molar-refractivity contribution in [1.29, 1.82) is 0 Å². The van der Waals surface area contributed by atoms with Crippen molar-refractivity contribution in [3.8, 4) is 5.82 Å². The highest BCUT2D eigenvalue weighted by Gasteiger charge is 2.11. The minimum atomic E-state index is -0.305. The number of nitrogens with one attached hydrogen (secondary N) is 2. The molecule has 3 heterocycles. The molecule has 0 radical (unpaired) electrons. The molecule has 3 aromatic rings. The fourth-order valence-corrected chi connectivity index (χ4v) is 2.14. The quantitative estimate of drug-likeness (QED) is 0.708. The van der Waals surface area contributed by atoms with Gasteiger partial charge in [-0.3, -0.25) is 14.2 Å². The number of nitrogens with zero attached hydrogens (tertiary/aromatic N) is 3. The molecule has 3 rings (SSSR count). The summed E-state index contributed by atoms with van der Waals surface area (Å²) in [6.45, 7) is 3.93. The maximum Gasteiger partial charge on any atom is 0.271 e. The van der Waals surface area contributed by atoms with E-state index in [0.29, 0.717) is 23.8 Å². The molecule has 8 heteroatoms. The van der Waals surface area contributed by atoms with Crippen molar-refractivity contribution in [2.24, 2.45) is 5.92 Å². The molecule has 0 saturated heterocycles. The second-order valence-corrected chi connectivity index (χ2v) is 5.98. The van der Waals surface area contributed by atoms with Crippen LogP contribution in [0.5, 0.6) is 0 Å². The third-order valence-corrected chi connectivity index (χ3v) is 3.62. The minimum Gasteiger partial charge on any atom is -0.467 e. The summed E-state index contributed by atoms with van der Waals surface area (Å²) >= 11 is 0. The second-order valence-electron chi connectivity index (χ2n) is 5.98. The third-order valence-electron chi connectivity index (χ3n) is 3.62. The first-order valence-electron chi connectivity index (χ1n) is 8.15. The number of imidazole rings is 1. The molecule has 0 aliphatic rings. The predicted octanol–water partition coefficient (Wildman–Crippen LogP) is 2.38. The summed E-state index contributed by atoms with van der Waals surface area (Å²) in [5, 5.41) is 5.51. The van der Waals surface area contributed by atoms with E-state index in [2.05, 4.69) is 20.6 Å². The summed E-state index contributed by atoms with van der Waals surface area (Å²) in [6, 6.07) is 7.03. The first kappa shape index (κ1) is 17.4. The van der Waals surface area contributed by atoms with E-state index in [0.717, 1.165) is 0 Å². The number of furan rings is 1. The lowest BCUT2D eigenvalue weighted by molar-refractivity contribution is -0.118. The normalized spacial score (nSPS) is 10.7. The first-order chi connectivity index (χ1) is 12.5. The number of carbonyl (C=O) groups is 2. The van der Waals surface area contributed by atoms with Crippen LogP contribution >= 0.6 is 0 Å². The van der Waals surface area contributed by atoms with E-state index in [9.17, 15) is 9.59 Å². The maximum absolute atomic E-state index is 12.1. The predicted molar refractivity (Wildman–Crippen MR) is 94.7 cm³/mol. The largest absolute Gasteiger partial charge is 0.467 e. The monoisotopic (exact) mass is 353 g/mol. The topological polar surface area (TPSA) is 102 Å². The number of anilines is 1. The van der Waals surface area contributed by atoms with Crippen LogP contribution in [0.2, 0.25) is 0 Å². The Bertz CT molecular complexity index is 882. The Kier molecular flexibility index (Phi) is 5.12. The van der Waals surface area contributed by atoms with Crippen molar-refractivity contribution in [2.45, 2.75) is 20.4 Å². The molecule has 2 amide bonds. The third kappa shape index (κ3) is 4.15. The van der Waals surface area contributed by atoms with Gasteiger partial charge in [0.05, 0.1) is 24.7 Å². The summed E-state index contributed by atoms with van der Waals surface area (Å²) < 4.78 is 6.80. The van der Waals surface area contributed by atoms with Crippen LogP contribution in [-0.4, -0.2) is 26.3 Å². The van der Waals surface area contributed by atoms with Crippen LogP contribution in [0, 0.1) is 5.92 Å². The van der Waals surface area contributed by atoms with Gasteiger partial charge in [0.1, 0.15) is 23.6 Å². The summed E-state index contributed by atoms with van der Waals surface area (Å²) in [4.78, 5) is 32.2. The number of aromatic nitrogens is 3. The fourth-order valence-electron chi connectivity index (χ4n) is 2.14. The molecule has 0 bridgehead atoms. The summed E-state index contributed by atoms with van der Waals surface area (Å²) in [7, 11) is 0. The van der Waals surface area contributed by atoms with Gasteiger partial charge in [-0.05, 0) is 24.3 Å². The zero-order valence-electron chi connectivity index (χ0n) is 14.5. The number of carbonyl (C=O) groups excluding carboxylic acids is 2. The SMILES string of the molecule is CC(C)C(=O)Nc1ccc(-n2cnc(C(=O)NCc3ccco3)c2)nc1. The van der Waals surface area contributed by atoms with Gasteiger partial charge in [-0.1, -0.05) is 13.8 Å². The van der Waals surface area contributed by atoms with E-state index in [1.807, 2.05) is 13.8 Å². The highest BCUT2D eigenvalue weighted by atomic mass is 16.3. The van der Waals surface area contributed by atoms with Crippen LogP contribution in [0.15, 0.2) is 53.7 Å². The van der Waals surface area contributed by atoms with Crippen LogP contribution in [0.25, 0.3) is 5.82 Å².